The highest BCUT2D eigenvalue weighted by Crippen LogP contribution is 2.18. The van der Waals surface area contributed by atoms with Gasteiger partial charge in [-0.3, -0.25) is 4.79 Å². The van der Waals surface area contributed by atoms with Crippen LogP contribution in [0.2, 0.25) is 0 Å². The van der Waals surface area contributed by atoms with Crippen molar-refractivity contribution in [2.45, 2.75) is 38.1 Å². The molecule has 21 heavy (non-hydrogen) atoms. The molecule has 0 unspecified atom stereocenters. The van der Waals surface area contributed by atoms with E-state index in [1.54, 1.807) is 0 Å². The summed E-state index contributed by atoms with van der Waals surface area (Å²) in [6.45, 7) is 0.147. The second-order valence-electron chi connectivity index (χ2n) is 5.43. The highest BCUT2D eigenvalue weighted by Gasteiger charge is 2.21. The summed E-state index contributed by atoms with van der Waals surface area (Å²) in [6.07, 6.45) is 4.28. The van der Waals surface area contributed by atoms with Crippen LogP contribution in [0.15, 0.2) is 30.3 Å². The Morgan fingerprint density at radius 3 is 2.48 bits per heavy atom. The van der Waals surface area contributed by atoms with Crippen molar-refractivity contribution in [1.29, 1.82) is 0 Å². The van der Waals surface area contributed by atoms with Crippen molar-refractivity contribution in [3.63, 3.8) is 0 Å². The van der Waals surface area contributed by atoms with Gasteiger partial charge in [-0.25, -0.2) is 13.1 Å². The second kappa shape index (κ2) is 7.56. The predicted octanol–water partition coefficient (Wildman–Crippen LogP) is 1.21. The fourth-order valence-electron chi connectivity index (χ4n) is 2.53. The quantitative estimate of drug-likeness (QED) is 0.795. The Bertz CT molecular complexity index is 552. The zero-order chi connectivity index (χ0) is 15.1. The van der Waals surface area contributed by atoms with Gasteiger partial charge < -0.3 is 5.32 Å². The number of hydrogen-bond acceptors (Lipinski definition) is 3. The fourth-order valence-corrected chi connectivity index (χ4v) is 3.76. The van der Waals surface area contributed by atoms with Gasteiger partial charge in [0.25, 0.3) is 0 Å². The van der Waals surface area contributed by atoms with Crippen LogP contribution in [0.25, 0.3) is 0 Å². The maximum Gasteiger partial charge on any atom is 0.224 e. The first-order chi connectivity index (χ1) is 10.1. The van der Waals surface area contributed by atoms with Crippen LogP contribution in [0.5, 0.6) is 0 Å². The highest BCUT2D eigenvalue weighted by atomic mass is 32.2. The Labute approximate surface area is 126 Å². The van der Waals surface area contributed by atoms with Crippen molar-refractivity contribution < 1.29 is 13.2 Å². The average molecular weight is 310 g/mol. The van der Waals surface area contributed by atoms with E-state index in [4.69, 9.17) is 0 Å². The first-order valence-electron chi connectivity index (χ1n) is 7.36. The smallest absolute Gasteiger partial charge is 0.224 e. The van der Waals surface area contributed by atoms with Gasteiger partial charge in [-0.05, 0) is 18.4 Å². The van der Waals surface area contributed by atoms with Gasteiger partial charge in [0.2, 0.25) is 15.9 Å². The molecule has 0 radical (unpaired) electrons. The minimum atomic E-state index is -3.30. The first-order valence-corrected chi connectivity index (χ1v) is 9.01. The molecule has 6 heteroatoms. The molecule has 116 valence electrons. The van der Waals surface area contributed by atoms with Crippen LogP contribution in [0.3, 0.4) is 0 Å². The van der Waals surface area contributed by atoms with Crippen LogP contribution in [0, 0.1) is 0 Å². The summed E-state index contributed by atoms with van der Waals surface area (Å²) >= 11 is 0. The zero-order valence-electron chi connectivity index (χ0n) is 12.0. The Morgan fingerprint density at radius 2 is 1.81 bits per heavy atom. The molecule has 0 atom stereocenters. The molecule has 0 aliphatic heterocycles. The fraction of sp³-hybridized carbons (Fsp3) is 0.533. The normalized spacial score (nSPS) is 16.0. The summed E-state index contributed by atoms with van der Waals surface area (Å²) in [5, 5.41) is 2.65. The van der Waals surface area contributed by atoms with Crippen molar-refractivity contribution >= 4 is 15.9 Å². The first kappa shape index (κ1) is 16.0. The lowest BCUT2D eigenvalue weighted by atomic mass is 10.1. The molecule has 1 saturated carbocycles. The van der Waals surface area contributed by atoms with Gasteiger partial charge in [-0.2, -0.15) is 0 Å². The van der Waals surface area contributed by atoms with E-state index in [2.05, 4.69) is 10.0 Å². The number of carbonyl (C=O) groups excluding carboxylic acids is 1. The van der Waals surface area contributed by atoms with Gasteiger partial charge in [0.05, 0.1) is 12.2 Å². The topological polar surface area (TPSA) is 75.3 Å². The van der Waals surface area contributed by atoms with E-state index >= 15 is 0 Å². The van der Waals surface area contributed by atoms with Crippen molar-refractivity contribution in [2.24, 2.45) is 0 Å². The molecule has 0 heterocycles. The third-order valence-corrected chi connectivity index (χ3v) is 5.04. The van der Waals surface area contributed by atoms with Crippen molar-refractivity contribution in [1.82, 2.24) is 10.0 Å². The maximum absolute atomic E-state index is 11.9. The molecular weight excluding hydrogens is 288 g/mol. The number of sulfonamides is 1. The van der Waals surface area contributed by atoms with Gasteiger partial charge in [0.1, 0.15) is 0 Å². The van der Waals surface area contributed by atoms with Crippen LogP contribution < -0.4 is 10.0 Å². The Hall–Kier alpha value is -1.40. The third kappa shape index (κ3) is 5.85. The van der Waals surface area contributed by atoms with Crippen LogP contribution in [0.4, 0.5) is 0 Å². The molecule has 2 N–H and O–H groups in total. The second-order valence-corrected chi connectivity index (χ2v) is 7.30. The number of rotatable bonds is 7. The number of benzene rings is 1. The van der Waals surface area contributed by atoms with Crippen LogP contribution in [-0.2, 0) is 21.2 Å². The van der Waals surface area contributed by atoms with Gasteiger partial charge >= 0.3 is 0 Å². The van der Waals surface area contributed by atoms with E-state index in [9.17, 15) is 13.2 Å². The summed E-state index contributed by atoms with van der Waals surface area (Å²) in [6, 6.07) is 9.46. The van der Waals surface area contributed by atoms with Crippen LogP contribution in [0.1, 0.15) is 31.2 Å². The summed E-state index contributed by atoms with van der Waals surface area (Å²) in [7, 11) is -3.30. The van der Waals surface area contributed by atoms with Crippen molar-refractivity contribution in [3.8, 4) is 0 Å². The molecule has 1 aliphatic rings. The third-order valence-electron chi connectivity index (χ3n) is 3.60. The monoisotopic (exact) mass is 310 g/mol. The highest BCUT2D eigenvalue weighted by molar-refractivity contribution is 7.89. The lowest BCUT2D eigenvalue weighted by Gasteiger charge is -2.12. The van der Waals surface area contributed by atoms with E-state index in [1.165, 1.54) is 0 Å². The number of hydrogen-bond donors (Lipinski definition) is 2. The van der Waals surface area contributed by atoms with Gasteiger partial charge in [0.15, 0.2) is 0 Å². The van der Waals surface area contributed by atoms with E-state index in [1.807, 2.05) is 30.3 Å². The van der Waals surface area contributed by atoms with E-state index < -0.39 is 10.0 Å². The number of amides is 1. The Kier molecular flexibility index (Phi) is 5.76. The lowest BCUT2D eigenvalue weighted by molar-refractivity contribution is -0.120. The molecular formula is C15H22N2O3S. The van der Waals surface area contributed by atoms with E-state index in [-0.39, 0.29) is 30.7 Å². The molecule has 0 bridgehead atoms. The summed E-state index contributed by atoms with van der Waals surface area (Å²) in [5.74, 6) is -0.221. The number of nitrogens with one attached hydrogen (secondary N) is 2. The minimum absolute atomic E-state index is 0.0654. The largest absolute Gasteiger partial charge is 0.355 e. The lowest BCUT2D eigenvalue weighted by Crippen LogP contribution is -2.38. The Morgan fingerprint density at radius 1 is 1.14 bits per heavy atom. The van der Waals surface area contributed by atoms with Crippen LogP contribution >= 0.6 is 0 Å². The maximum atomic E-state index is 11.9. The summed E-state index contributed by atoms with van der Waals surface area (Å²) in [4.78, 5) is 11.7. The number of carbonyl (C=O) groups is 1. The molecule has 0 spiro atoms. The van der Waals surface area contributed by atoms with Gasteiger partial charge in [0, 0.05) is 12.6 Å². The van der Waals surface area contributed by atoms with E-state index in [0.29, 0.717) is 0 Å². The molecule has 1 fully saturated rings. The Balaban J connectivity index is 1.69. The summed E-state index contributed by atoms with van der Waals surface area (Å²) < 4.78 is 26.4. The van der Waals surface area contributed by atoms with Crippen molar-refractivity contribution in [3.05, 3.63) is 35.9 Å². The van der Waals surface area contributed by atoms with Crippen molar-refractivity contribution in [2.75, 3.05) is 12.3 Å². The standard InChI is InChI=1S/C15H22N2O3S/c18-15(12-13-6-2-1-3-7-13)16-10-11-21(19,20)17-14-8-4-5-9-14/h1-3,6-7,14,17H,4-5,8-12H2,(H,16,18). The molecule has 1 amide bonds. The molecule has 1 aliphatic carbocycles. The minimum Gasteiger partial charge on any atom is -0.355 e. The zero-order valence-corrected chi connectivity index (χ0v) is 12.9. The summed E-state index contributed by atoms with van der Waals surface area (Å²) in [5.41, 5.74) is 0.918. The molecule has 0 aromatic heterocycles. The molecule has 5 nitrogen and oxygen atoms in total. The predicted molar refractivity (Wildman–Crippen MR) is 82.3 cm³/mol. The molecule has 1 aromatic carbocycles. The van der Waals surface area contributed by atoms with Gasteiger partial charge in [-0.1, -0.05) is 43.2 Å². The molecule has 0 saturated heterocycles. The molecule has 2 rings (SSSR count). The average Bonchev–Trinajstić information content (AvgIpc) is 2.91. The molecule has 1 aromatic rings. The van der Waals surface area contributed by atoms with Crippen LogP contribution in [-0.4, -0.2) is 32.7 Å². The van der Waals surface area contributed by atoms with E-state index in [0.717, 1.165) is 31.2 Å². The van der Waals surface area contributed by atoms with Gasteiger partial charge in [-0.15, -0.1) is 0 Å². The SMILES string of the molecule is O=C(Cc1ccccc1)NCCS(=O)(=O)NC1CCCC1.